The van der Waals surface area contributed by atoms with Crippen LogP contribution in [0, 0.1) is 0 Å². The van der Waals surface area contributed by atoms with Crippen LogP contribution >= 0.6 is 0 Å². The quantitative estimate of drug-likeness (QED) is 0.267. The molecule has 3 heterocycles. The molecule has 208 valence electrons. The number of ether oxygens (including phenoxy) is 2. The second-order valence-corrected chi connectivity index (χ2v) is 9.45. The number of nitrogen functional groups attached to an aromatic ring is 1. The molecule has 2 aromatic carbocycles. The Kier molecular flexibility index (Phi) is 10.0. The lowest BCUT2D eigenvalue weighted by molar-refractivity contribution is 0.0624. The number of hydrogen-bond acceptors (Lipinski definition) is 8. The zero-order valence-corrected chi connectivity index (χ0v) is 23.2. The summed E-state index contributed by atoms with van der Waals surface area (Å²) < 4.78 is 11.3. The number of anilines is 3. The lowest BCUT2D eigenvalue weighted by Crippen LogP contribution is -2.38. The highest BCUT2D eigenvalue weighted by Gasteiger charge is 2.30. The van der Waals surface area contributed by atoms with E-state index < -0.39 is 0 Å². The largest absolute Gasteiger partial charge is 0.457 e. The number of hydrogen-bond donors (Lipinski definition) is 2. The second kappa shape index (κ2) is 14.0. The van der Waals surface area contributed by atoms with E-state index in [9.17, 15) is 4.79 Å². The SMILES string of the molecule is CCC.COCC1CCCN1C(=O)c1cc(Oc2ccc(Nc3cc(-c4ccccc4)nc(N)n3)cc2)ccn1. The van der Waals surface area contributed by atoms with Crippen LogP contribution in [0.4, 0.5) is 17.5 Å². The molecule has 1 unspecified atom stereocenters. The lowest BCUT2D eigenvalue weighted by Gasteiger charge is -2.23. The van der Waals surface area contributed by atoms with Crippen LogP contribution < -0.4 is 15.8 Å². The summed E-state index contributed by atoms with van der Waals surface area (Å²) in [4.78, 5) is 27.8. The average Bonchev–Trinajstić information content (AvgIpc) is 3.43. The molecule has 2 aromatic heterocycles. The summed E-state index contributed by atoms with van der Waals surface area (Å²) in [6.45, 7) is 5.48. The first-order valence-electron chi connectivity index (χ1n) is 13.5. The minimum atomic E-state index is -0.108. The standard InChI is InChI=1S/C28H28N6O3.C3H8/c1-36-18-21-8-5-15-34(21)27(35)25-16-23(13-14-30-25)37-22-11-9-20(10-12-22)31-26-17-24(32-28(29)33-26)19-6-3-2-4-7-19;1-3-2/h2-4,6-7,9-14,16-17,21H,5,8,15,18H2,1H3,(H3,29,31,32,33);3H2,1-2H3. The number of amides is 1. The highest BCUT2D eigenvalue weighted by Crippen LogP contribution is 2.27. The molecule has 0 aliphatic carbocycles. The van der Waals surface area contributed by atoms with Gasteiger partial charge in [0.1, 0.15) is 23.0 Å². The third kappa shape index (κ3) is 7.54. The molecule has 4 aromatic rings. The molecule has 0 saturated carbocycles. The Bertz CT molecular complexity index is 1380. The summed E-state index contributed by atoms with van der Waals surface area (Å²) in [7, 11) is 1.65. The first kappa shape index (κ1) is 28.5. The summed E-state index contributed by atoms with van der Waals surface area (Å²) in [6, 6.07) is 22.6. The smallest absolute Gasteiger partial charge is 0.272 e. The Balaban J connectivity index is 0.00000118. The molecule has 1 saturated heterocycles. The third-order valence-corrected chi connectivity index (χ3v) is 6.12. The number of likely N-dealkylation sites (tertiary alicyclic amines) is 1. The van der Waals surface area contributed by atoms with E-state index in [-0.39, 0.29) is 17.9 Å². The van der Waals surface area contributed by atoms with Crippen LogP contribution in [0.15, 0.2) is 79.0 Å². The van der Waals surface area contributed by atoms with E-state index in [1.165, 1.54) is 6.42 Å². The van der Waals surface area contributed by atoms with Gasteiger partial charge in [0, 0.05) is 43.2 Å². The predicted molar refractivity (Wildman–Crippen MR) is 158 cm³/mol. The van der Waals surface area contributed by atoms with Gasteiger partial charge in [-0.15, -0.1) is 0 Å². The van der Waals surface area contributed by atoms with Gasteiger partial charge in [-0.25, -0.2) is 4.98 Å². The number of methoxy groups -OCH3 is 1. The summed E-state index contributed by atoms with van der Waals surface area (Å²) in [5, 5.41) is 3.26. The van der Waals surface area contributed by atoms with Crippen LogP contribution in [-0.2, 0) is 4.74 Å². The summed E-state index contributed by atoms with van der Waals surface area (Å²) in [5.74, 6) is 1.84. The topological polar surface area (TPSA) is 115 Å². The maximum Gasteiger partial charge on any atom is 0.272 e. The van der Waals surface area contributed by atoms with E-state index in [2.05, 4.69) is 34.1 Å². The van der Waals surface area contributed by atoms with Gasteiger partial charge in [0.2, 0.25) is 5.95 Å². The zero-order chi connectivity index (χ0) is 28.3. The maximum absolute atomic E-state index is 13.0. The Morgan fingerprint density at radius 1 is 1.02 bits per heavy atom. The van der Waals surface area contributed by atoms with Crippen LogP contribution in [-0.4, -0.2) is 52.1 Å². The first-order valence-corrected chi connectivity index (χ1v) is 13.5. The van der Waals surface area contributed by atoms with Crippen LogP contribution in [0.5, 0.6) is 11.5 Å². The normalized spacial score (nSPS) is 14.3. The number of carbonyl (C=O) groups excluding carboxylic acids is 1. The van der Waals surface area contributed by atoms with Gasteiger partial charge >= 0.3 is 0 Å². The number of rotatable bonds is 8. The Labute approximate surface area is 235 Å². The van der Waals surface area contributed by atoms with Crippen molar-refractivity contribution in [2.75, 3.05) is 31.3 Å². The monoisotopic (exact) mass is 540 g/mol. The van der Waals surface area contributed by atoms with Crippen LogP contribution in [0.3, 0.4) is 0 Å². The number of benzene rings is 2. The fourth-order valence-corrected chi connectivity index (χ4v) is 4.38. The van der Waals surface area contributed by atoms with Gasteiger partial charge in [-0.3, -0.25) is 9.78 Å². The molecule has 1 atom stereocenters. The number of nitrogens with two attached hydrogens (primary N) is 1. The van der Waals surface area contributed by atoms with Crippen LogP contribution in [0.1, 0.15) is 43.6 Å². The van der Waals surface area contributed by atoms with Gasteiger partial charge in [0.15, 0.2) is 0 Å². The van der Waals surface area contributed by atoms with Gasteiger partial charge in [0.05, 0.1) is 18.3 Å². The lowest BCUT2D eigenvalue weighted by atomic mass is 10.1. The van der Waals surface area contributed by atoms with Gasteiger partial charge in [-0.1, -0.05) is 50.6 Å². The molecular formula is C31H36N6O3. The van der Waals surface area contributed by atoms with Crippen molar-refractivity contribution in [1.29, 1.82) is 0 Å². The van der Waals surface area contributed by atoms with Crippen molar-refractivity contribution in [3.63, 3.8) is 0 Å². The number of carbonyl (C=O) groups is 1. The molecule has 0 radical (unpaired) electrons. The molecule has 5 rings (SSSR count). The van der Waals surface area contributed by atoms with Crippen molar-refractivity contribution >= 4 is 23.4 Å². The van der Waals surface area contributed by atoms with Crippen molar-refractivity contribution in [3.05, 3.63) is 84.7 Å². The fourth-order valence-electron chi connectivity index (χ4n) is 4.38. The van der Waals surface area contributed by atoms with Crippen LogP contribution in [0.25, 0.3) is 11.3 Å². The Hall–Kier alpha value is -4.50. The molecule has 1 fully saturated rings. The summed E-state index contributed by atoms with van der Waals surface area (Å²) in [5.41, 5.74) is 8.80. The van der Waals surface area contributed by atoms with Crippen LogP contribution in [0.2, 0.25) is 0 Å². The summed E-state index contributed by atoms with van der Waals surface area (Å²) >= 11 is 0. The molecular weight excluding hydrogens is 504 g/mol. The molecule has 1 amide bonds. The molecule has 0 spiro atoms. The number of aromatic nitrogens is 3. The number of nitrogens with one attached hydrogen (secondary N) is 1. The molecule has 0 bridgehead atoms. The van der Waals surface area contributed by atoms with E-state index in [0.717, 1.165) is 29.8 Å². The number of pyridine rings is 1. The summed E-state index contributed by atoms with van der Waals surface area (Å²) in [6.07, 6.45) is 4.74. The van der Waals surface area contributed by atoms with Gasteiger partial charge in [-0.05, 0) is 43.2 Å². The van der Waals surface area contributed by atoms with E-state index >= 15 is 0 Å². The van der Waals surface area contributed by atoms with Crippen molar-refractivity contribution < 1.29 is 14.3 Å². The van der Waals surface area contributed by atoms with Gasteiger partial charge in [-0.2, -0.15) is 4.98 Å². The molecule has 9 heteroatoms. The zero-order valence-electron chi connectivity index (χ0n) is 23.2. The van der Waals surface area contributed by atoms with Crippen molar-refractivity contribution in [2.24, 2.45) is 0 Å². The van der Waals surface area contributed by atoms with E-state index in [1.807, 2.05) is 65.6 Å². The Morgan fingerprint density at radius 3 is 2.50 bits per heavy atom. The highest BCUT2D eigenvalue weighted by atomic mass is 16.5. The van der Waals surface area contributed by atoms with E-state index in [0.29, 0.717) is 36.2 Å². The molecule has 40 heavy (non-hydrogen) atoms. The number of nitrogens with zero attached hydrogens (tertiary/aromatic N) is 4. The highest BCUT2D eigenvalue weighted by molar-refractivity contribution is 5.93. The predicted octanol–water partition coefficient (Wildman–Crippen LogP) is 6.32. The van der Waals surface area contributed by atoms with Crippen molar-refractivity contribution in [1.82, 2.24) is 19.9 Å². The maximum atomic E-state index is 13.0. The molecule has 3 N–H and O–H groups in total. The second-order valence-electron chi connectivity index (χ2n) is 9.45. The Morgan fingerprint density at radius 2 is 1.77 bits per heavy atom. The van der Waals surface area contributed by atoms with Crippen molar-refractivity contribution in [2.45, 2.75) is 39.2 Å². The van der Waals surface area contributed by atoms with E-state index in [4.69, 9.17) is 15.2 Å². The molecule has 1 aliphatic heterocycles. The molecule has 1 aliphatic rings. The fraction of sp³-hybridized carbons (Fsp3) is 0.290. The van der Waals surface area contributed by atoms with E-state index in [1.54, 1.807) is 25.4 Å². The minimum absolute atomic E-state index is 0.0814. The van der Waals surface area contributed by atoms with Gasteiger partial charge in [0.25, 0.3) is 5.91 Å². The van der Waals surface area contributed by atoms with Gasteiger partial charge < -0.3 is 25.4 Å². The van der Waals surface area contributed by atoms with Crippen molar-refractivity contribution in [3.8, 4) is 22.8 Å². The minimum Gasteiger partial charge on any atom is -0.457 e. The average molecular weight is 541 g/mol. The molecule has 9 nitrogen and oxygen atoms in total. The third-order valence-electron chi connectivity index (χ3n) is 6.12. The first-order chi connectivity index (χ1) is 19.5.